The first-order valence-electron chi connectivity index (χ1n) is 14.7. The van der Waals surface area contributed by atoms with Crippen LogP contribution < -0.4 is 19.8 Å². The highest BCUT2D eigenvalue weighted by atomic mass is 16.7. The van der Waals surface area contributed by atoms with E-state index in [4.69, 9.17) is 14.2 Å². The molecule has 0 fully saturated rings. The van der Waals surface area contributed by atoms with Gasteiger partial charge in [0.25, 0.3) is 5.56 Å². The van der Waals surface area contributed by atoms with Gasteiger partial charge in [0.15, 0.2) is 17.8 Å². The van der Waals surface area contributed by atoms with E-state index in [2.05, 4.69) is 35.6 Å². The third-order valence-electron chi connectivity index (χ3n) is 8.41. The lowest BCUT2D eigenvalue weighted by Crippen LogP contribution is -2.37. The van der Waals surface area contributed by atoms with Gasteiger partial charge in [0.2, 0.25) is 5.79 Å². The lowest BCUT2D eigenvalue weighted by molar-refractivity contribution is -0.0710. The Hall–Kier alpha value is -2.84. The summed E-state index contributed by atoms with van der Waals surface area (Å²) in [5, 5.41) is 0. The summed E-state index contributed by atoms with van der Waals surface area (Å²) in [7, 11) is 3.54. The van der Waals surface area contributed by atoms with Crippen molar-refractivity contribution in [1.29, 1.82) is 0 Å². The number of aromatic amines is 1. The number of ether oxygens (including phenoxy) is 3. The van der Waals surface area contributed by atoms with Crippen molar-refractivity contribution in [3.63, 3.8) is 0 Å². The molecule has 0 spiro atoms. The lowest BCUT2D eigenvalue weighted by atomic mass is 9.93. The highest BCUT2D eigenvalue weighted by Crippen LogP contribution is 2.48. The van der Waals surface area contributed by atoms with Crippen LogP contribution >= 0.6 is 0 Å². The van der Waals surface area contributed by atoms with Gasteiger partial charge >= 0.3 is 0 Å². The van der Waals surface area contributed by atoms with Gasteiger partial charge in [-0.2, -0.15) is 0 Å². The number of benzene rings is 1. The molecule has 1 aliphatic rings. The minimum atomic E-state index is -0.752. The number of nitrogens with zero attached hydrogens (tertiary/aromatic N) is 2. The van der Waals surface area contributed by atoms with Crippen molar-refractivity contribution >= 4 is 6.29 Å². The molecule has 1 N–H and O–H groups in total. The second kappa shape index (κ2) is 13.7. The number of rotatable bonds is 15. The number of H-pyrrole nitrogens is 1. The number of hydrogen-bond donors (Lipinski definition) is 1. The first kappa shape index (κ1) is 31.7. The van der Waals surface area contributed by atoms with Gasteiger partial charge in [0.1, 0.15) is 5.75 Å². The van der Waals surface area contributed by atoms with Crippen molar-refractivity contribution < 1.29 is 19.0 Å². The summed E-state index contributed by atoms with van der Waals surface area (Å²) in [5.41, 5.74) is 4.60. The Morgan fingerprint density at radius 3 is 2.30 bits per heavy atom. The van der Waals surface area contributed by atoms with Crippen molar-refractivity contribution in [2.75, 3.05) is 33.8 Å². The summed E-state index contributed by atoms with van der Waals surface area (Å²) in [6, 6.07) is 2.40. The van der Waals surface area contributed by atoms with E-state index < -0.39 is 5.79 Å². The van der Waals surface area contributed by atoms with Crippen molar-refractivity contribution in [3.8, 4) is 17.2 Å². The smallest absolute Gasteiger partial charge is 0.256 e. The standard InChI is InChI=1S/C32H49N3O5/c1-10-24(35(11-2)12-3)14-13-16-32(7)39-29-22(5)25(27(20-36)23(6)30(29)40-32)15-17-34(8)19-26-28(38-9)18-21(4)33-31(26)37/h18,20,24H,10-17,19H2,1-9H3,(H,33,37). The topological polar surface area (TPSA) is 84.1 Å². The molecule has 222 valence electrons. The number of carbonyl (C=O) groups excluding carboxylic acids is 1. The minimum absolute atomic E-state index is 0.144. The number of aromatic nitrogens is 1. The molecule has 2 atom stereocenters. The summed E-state index contributed by atoms with van der Waals surface area (Å²) in [6.45, 7) is 17.7. The van der Waals surface area contributed by atoms with Crippen LogP contribution in [0.2, 0.25) is 0 Å². The number of fused-ring (bicyclic) bond motifs is 1. The monoisotopic (exact) mass is 555 g/mol. The summed E-state index contributed by atoms with van der Waals surface area (Å²) >= 11 is 0. The molecule has 0 amide bonds. The van der Waals surface area contributed by atoms with E-state index in [1.54, 1.807) is 7.11 Å². The Morgan fingerprint density at radius 2 is 1.73 bits per heavy atom. The highest BCUT2D eigenvalue weighted by Gasteiger charge is 2.40. The van der Waals surface area contributed by atoms with Crippen molar-refractivity contribution in [2.45, 2.75) is 98.9 Å². The predicted octanol–water partition coefficient (Wildman–Crippen LogP) is 5.57. The number of carbonyl (C=O) groups is 1. The summed E-state index contributed by atoms with van der Waals surface area (Å²) < 4.78 is 18.4. The SMILES string of the molecule is CCC(CCCC1(C)Oc2c(C)c(C=O)c(CCN(C)Cc3c(OC)cc(C)[nH]c3=O)c(C)c2O1)N(CC)CC. The molecule has 0 saturated carbocycles. The van der Waals surface area contributed by atoms with Crippen LogP contribution in [0.25, 0.3) is 0 Å². The van der Waals surface area contributed by atoms with E-state index >= 15 is 0 Å². The number of pyridine rings is 1. The maximum absolute atomic E-state index is 12.6. The number of nitrogens with one attached hydrogen (secondary N) is 1. The van der Waals surface area contributed by atoms with Gasteiger partial charge in [-0.1, -0.05) is 20.8 Å². The normalized spacial score (nSPS) is 17.1. The third-order valence-corrected chi connectivity index (χ3v) is 8.41. The molecule has 3 rings (SSSR count). The van der Waals surface area contributed by atoms with Gasteiger partial charge < -0.3 is 29.0 Å². The molecule has 0 radical (unpaired) electrons. The molecule has 1 aromatic heterocycles. The number of aldehydes is 1. The van der Waals surface area contributed by atoms with Crippen LogP contribution in [0.4, 0.5) is 0 Å². The van der Waals surface area contributed by atoms with Crippen LogP contribution in [0.1, 0.15) is 91.7 Å². The maximum atomic E-state index is 12.6. The molecule has 2 aromatic rings. The summed E-state index contributed by atoms with van der Waals surface area (Å²) in [5.74, 6) is 1.26. The van der Waals surface area contributed by atoms with E-state index in [-0.39, 0.29) is 5.56 Å². The Balaban J connectivity index is 1.74. The zero-order chi connectivity index (χ0) is 29.6. The second-order valence-corrected chi connectivity index (χ2v) is 11.2. The summed E-state index contributed by atoms with van der Waals surface area (Å²) in [6.07, 6.45) is 5.57. The van der Waals surface area contributed by atoms with E-state index in [0.29, 0.717) is 48.2 Å². The number of aryl methyl sites for hydroxylation is 1. The molecule has 0 aliphatic carbocycles. The second-order valence-electron chi connectivity index (χ2n) is 11.2. The van der Waals surface area contributed by atoms with Crippen LogP contribution in [0.15, 0.2) is 10.9 Å². The lowest BCUT2D eigenvalue weighted by Gasteiger charge is -2.30. The molecule has 40 heavy (non-hydrogen) atoms. The van der Waals surface area contributed by atoms with Crippen molar-refractivity contribution in [3.05, 3.63) is 49.9 Å². The zero-order valence-corrected chi connectivity index (χ0v) is 26.0. The molecule has 2 heterocycles. The average molecular weight is 556 g/mol. The molecule has 1 aromatic carbocycles. The third kappa shape index (κ3) is 6.89. The fraction of sp³-hybridized carbons (Fsp3) is 0.625. The van der Waals surface area contributed by atoms with Crippen molar-refractivity contribution in [1.82, 2.24) is 14.8 Å². The fourth-order valence-electron chi connectivity index (χ4n) is 6.02. The van der Waals surface area contributed by atoms with Gasteiger partial charge in [0, 0.05) is 49.3 Å². The highest BCUT2D eigenvalue weighted by molar-refractivity contribution is 5.84. The van der Waals surface area contributed by atoms with Crippen LogP contribution in [-0.2, 0) is 13.0 Å². The average Bonchev–Trinajstić information content (AvgIpc) is 3.29. The largest absolute Gasteiger partial charge is 0.496 e. The minimum Gasteiger partial charge on any atom is -0.496 e. The molecule has 0 saturated heterocycles. The van der Waals surface area contributed by atoms with Gasteiger partial charge in [-0.25, -0.2) is 0 Å². The Kier molecular flexibility index (Phi) is 10.8. The molecule has 8 nitrogen and oxygen atoms in total. The van der Waals surface area contributed by atoms with Gasteiger partial charge in [-0.15, -0.1) is 0 Å². The first-order valence-corrected chi connectivity index (χ1v) is 14.7. The number of hydrogen-bond acceptors (Lipinski definition) is 7. The molecular formula is C32H49N3O5. The molecule has 2 unspecified atom stereocenters. The molecular weight excluding hydrogens is 506 g/mol. The van der Waals surface area contributed by atoms with E-state index in [9.17, 15) is 9.59 Å². The predicted molar refractivity (Wildman–Crippen MR) is 160 cm³/mol. The zero-order valence-electron chi connectivity index (χ0n) is 26.0. The quantitative estimate of drug-likeness (QED) is 0.288. The first-order chi connectivity index (χ1) is 19.0. The van der Waals surface area contributed by atoms with Crippen LogP contribution in [0.3, 0.4) is 0 Å². The Labute approximate surface area is 240 Å². The number of likely N-dealkylation sites (N-methyl/N-ethyl adjacent to an activating group) is 1. The Morgan fingerprint density at radius 1 is 1.07 bits per heavy atom. The number of methoxy groups -OCH3 is 1. The molecule has 1 aliphatic heterocycles. The summed E-state index contributed by atoms with van der Waals surface area (Å²) in [4.78, 5) is 32.3. The Bertz CT molecular complexity index is 1240. The van der Waals surface area contributed by atoms with E-state index in [1.165, 1.54) is 0 Å². The molecule has 8 heteroatoms. The van der Waals surface area contributed by atoms with E-state index in [1.807, 2.05) is 40.8 Å². The van der Waals surface area contributed by atoms with E-state index in [0.717, 1.165) is 73.2 Å². The van der Waals surface area contributed by atoms with Gasteiger partial charge in [-0.3, -0.25) is 9.59 Å². The molecule has 0 bridgehead atoms. The van der Waals surface area contributed by atoms with Gasteiger partial charge in [-0.05, 0) is 83.8 Å². The van der Waals surface area contributed by atoms with Crippen LogP contribution in [0, 0.1) is 20.8 Å². The van der Waals surface area contributed by atoms with Gasteiger partial charge in [0.05, 0.1) is 12.7 Å². The maximum Gasteiger partial charge on any atom is 0.256 e. The van der Waals surface area contributed by atoms with Crippen molar-refractivity contribution in [2.24, 2.45) is 0 Å². The van der Waals surface area contributed by atoms with Crippen LogP contribution in [0.5, 0.6) is 17.2 Å². The fourth-order valence-corrected chi connectivity index (χ4v) is 6.02. The van der Waals surface area contributed by atoms with Crippen LogP contribution in [-0.4, -0.2) is 66.7 Å².